The van der Waals surface area contributed by atoms with Crippen molar-refractivity contribution >= 4 is 28.3 Å². The smallest absolute Gasteiger partial charge is 0.234 e. The van der Waals surface area contributed by atoms with E-state index in [0.717, 1.165) is 11.4 Å². The van der Waals surface area contributed by atoms with Crippen LogP contribution in [0.25, 0.3) is 0 Å². The lowest BCUT2D eigenvalue weighted by atomic mass is 9.75. The number of nitrogens with zero attached hydrogens (tertiary/aromatic N) is 2. The zero-order valence-corrected chi connectivity index (χ0v) is 12.1. The summed E-state index contributed by atoms with van der Waals surface area (Å²) in [6, 6.07) is 0. The van der Waals surface area contributed by atoms with Crippen LogP contribution < -0.4 is 10.6 Å². The maximum Gasteiger partial charge on any atom is 0.234 e. The van der Waals surface area contributed by atoms with Crippen molar-refractivity contribution < 1.29 is 9.59 Å². The van der Waals surface area contributed by atoms with Crippen LogP contribution in [0.5, 0.6) is 0 Å². The first-order valence-corrected chi connectivity index (χ1v) is 7.20. The molecule has 1 aliphatic heterocycles. The number of rotatable bonds is 4. The summed E-state index contributed by atoms with van der Waals surface area (Å²) in [4.78, 5) is 23.9. The molecule has 0 unspecified atom stereocenters. The molecule has 1 aliphatic rings. The average molecular weight is 282 g/mol. The predicted molar refractivity (Wildman–Crippen MR) is 72.8 cm³/mol. The lowest BCUT2D eigenvalue weighted by Crippen LogP contribution is -2.42. The topological polar surface area (TPSA) is 84.0 Å². The van der Waals surface area contributed by atoms with Crippen LogP contribution in [0.4, 0.5) is 5.13 Å². The highest BCUT2D eigenvalue weighted by Gasteiger charge is 2.47. The Labute approximate surface area is 116 Å². The maximum atomic E-state index is 12.5. The van der Waals surface area contributed by atoms with Crippen LogP contribution in [0.1, 0.15) is 32.2 Å². The normalized spacial score (nSPS) is 22.6. The Morgan fingerprint density at radius 3 is 2.74 bits per heavy atom. The highest BCUT2D eigenvalue weighted by Crippen LogP contribution is 2.36. The summed E-state index contributed by atoms with van der Waals surface area (Å²) in [5, 5.41) is 14.8. The number of aryl methyl sites for hydroxylation is 1. The van der Waals surface area contributed by atoms with Crippen molar-refractivity contribution in [3.63, 3.8) is 0 Å². The molecule has 0 spiro atoms. The molecule has 19 heavy (non-hydrogen) atoms. The van der Waals surface area contributed by atoms with Gasteiger partial charge in [-0.25, -0.2) is 0 Å². The minimum Gasteiger partial charge on any atom is -0.355 e. The fourth-order valence-electron chi connectivity index (χ4n) is 2.17. The fourth-order valence-corrected chi connectivity index (χ4v) is 2.84. The van der Waals surface area contributed by atoms with E-state index in [1.165, 1.54) is 11.3 Å². The van der Waals surface area contributed by atoms with E-state index in [-0.39, 0.29) is 24.2 Å². The Hall–Kier alpha value is -1.50. The highest BCUT2D eigenvalue weighted by molar-refractivity contribution is 7.15. The van der Waals surface area contributed by atoms with Crippen molar-refractivity contribution in [3.05, 3.63) is 5.01 Å². The van der Waals surface area contributed by atoms with E-state index in [4.69, 9.17) is 0 Å². The number of hydrogen-bond donors (Lipinski definition) is 2. The van der Waals surface area contributed by atoms with Crippen molar-refractivity contribution in [2.75, 3.05) is 11.9 Å². The summed E-state index contributed by atoms with van der Waals surface area (Å²) in [5.41, 5.74) is -0.685. The van der Waals surface area contributed by atoms with E-state index in [2.05, 4.69) is 20.8 Å². The second-order valence-corrected chi connectivity index (χ2v) is 6.14. The highest BCUT2D eigenvalue weighted by atomic mass is 32.1. The lowest BCUT2D eigenvalue weighted by Gasteiger charge is -2.29. The van der Waals surface area contributed by atoms with Gasteiger partial charge in [0.25, 0.3) is 0 Å². The Morgan fingerprint density at radius 1 is 1.53 bits per heavy atom. The van der Waals surface area contributed by atoms with Gasteiger partial charge < -0.3 is 5.32 Å². The molecule has 104 valence electrons. The quantitative estimate of drug-likeness (QED) is 0.869. The van der Waals surface area contributed by atoms with Crippen molar-refractivity contribution in [1.29, 1.82) is 0 Å². The molecular weight excluding hydrogens is 264 g/mol. The van der Waals surface area contributed by atoms with Crippen LogP contribution >= 0.6 is 11.3 Å². The SMILES string of the molecule is CCc1nnc(NC(=O)[C@]2(C(C)C)CNC(=O)C2)s1. The van der Waals surface area contributed by atoms with Gasteiger partial charge in [0.1, 0.15) is 5.01 Å². The Bertz CT molecular complexity index is 500. The van der Waals surface area contributed by atoms with Crippen molar-refractivity contribution in [1.82, 2.24) is 15.5 Å². The number of nitrogens with one attached hydrogen (secondary N) is 2. The lowest BCUT2D eigenvalue weighted by molar-refractivity contribution is -0.129. The molecule has 7 heteroatoms. The zero-order valence-electron chi connectivity index (χ0n) is 11.3. The largest absolute Gasteiger partial charge is 0.355 e. The molecule has 1 aromatic rings. The summed E-state index contributed by atoms with van der Waals surface area (Å²) in [6.45, 7) is 6.28. The molecule has 0 bridgehead atoms. The van der Waals surface area contributed by atoms with E-state index in [0.29, 0.717) is 11.7 Å². The van der Waals surface area contributed by atoms with Crippen LogP contribution in [-0.2, 0) is 16.0 Å². The Morgan fingerprint density at radius 2 is 2.26 bits per heavy atom. The first-order chi connectivity index (χ1) is 8.98. The standard InChI is InChI=1S/C12H18N4O2S/c1-4-9-15-16-11(19-9)14-10(18)12(7(2)3)5-8(17)13-6-12/h7H,4-6H2,1-3H3,(H,13,17)(H,14,16,18)/t12-/m0/s1. The van der Waals surface area contributed by atoms with E-state index in [1.54, 1.807) is 0 Å². The van der Waals surface area contributed by atoms with Gasteiger partial charge in [-0.15, -0.1) is 10.2 Å². The Balaban J connectivity index is 2.15. The first kappa shape index (κ1) is 13.9. The minimum atomic E-state index is -0.685. The maximum absolute atomic E-state index is 12.5. The van der Waals surface area contributed by atoms with Crippen LogP contribution in [0.15, 0.2) is 0 Å². The fraction of sp³-hybridized carbons (Fsp3) is 0.667. The zero-order chi connectivity index (χ0) is 14.0. The summed E-state index contributed by atoms with van der Waals surface area (Å²) >= 11 is 1.37. The summed E-state index contributed by atoms with van der Waals surface area (Å²) in [7, 11) is 0. The molecule has 1 aromatic heterocycles. The van der Waals surface area contributed by atoms with Gasteiger partial charge in [-0.1, -0.05) is 32.1 Å². The van der Waals surface area contributed by atoms with Crippen molar-refractivity contribution in [2.24, 2.45) is 11.3 Å². The molecule has 0 aromatic carbocycles. The van der Waals surface area contributed by atoms with Crippen LogP contribution in [-0.4, -0.2) is 28.6 Å². The molecule has 1 atom stereocenters. The van der Waals surface area contributed by atoms with Gasteiger partial charge in [0.2, 0.25) is 16.9 Å². The predicted octanol–water partition coefficient (Wildman–Crippen LogP) is 1.20. The van der Waals surface area contributed by atoms with Crippen molar-refractivity contribution in [3.8, 4) is 0 Å². The number of anilines is 1. The summed E-state index contributed by atoms with van der Waals surface area (Å²) < 4.78 is 0. The summed E-state index contributed by atoms with van der Waals surface area (Å²) in [6.07, 6.45) is 1.03. The average Bonchev–Trinajstić information content (AvgIpc) is 2.96. The number of hydrogen-bond acceptors (Lipinski definition) is 5. The van der Waals surface area contributed by atoms with E-state index >= 15 is 0 Å². The molecule has 2 heterocycles. The molecule has 2 amide bonds. The monoisotopic (exact) mass is 282 g/mol. The van der Waals surface area contributed by atoms with Gasteiger partial charge in [0.15, 0.2) is 0 Å². The van der Waals surface area contributed by atoms with E-state index in [9.17, 15) is 9.59 Å². The first-order valence-electron chi connectivity index (χ1n) is 6.38. The van der Waals surface area contributed by atoms with Crippen LogP contribution in [0.2, 0.25) is 0 Å². The molecule has 0 aliphatic carbocycles. The Kier molecular flexibility index (Phi) is 3.84. The van der Waals surface area contributed by atoms with Gasteiger partial charge in [-0.05, 0) is 12.3 Å². The van der Waals surface area contributed by atoms with E-state index < -0.39 is 5.41 Å². The third-order valence-corrected chi connectivity index (χ3v) is 4.61. The molecule has 2 N–H and O–H groups in total. The number of aromatic nitrogens is 2. The third kappa shape index (κ3) is 2.60. The van der Waals surface area contributed by atoms with Crippen LogP contribution in [0.3, 0.4) is 0 Å². The molecule has 1 saturated heterocycles. The minimum absolute atomic E-state index is 0.0737. The summed E-state index contributed by atoms with van der Waals surface area (Å²) in [5.74, 6) is -0.153. The molecule has 6 nitrogen and oxygen atoms in total. The molecular formula is C12H18N4O2S. The number of carbonyl (C=O) groups excluding carboxylic acids is 2. The van der Waals surface area contributed by atoms with Crippen molar-refractivity contribution in [2.45, 2.75) is 33.6 Å². The van der Waals surface area contributed by atoms with Gasteiger partial charge >= 0.3 is 0 Å². The van der Waals surface area contributed by atoms with Gasteiger partial charge in [0.05, 0.1) is 5.41 Å². The van der Waals surface area contributed by atoms with Gasteiger partial charge in [-0.2, -0.15) is 0 Å². The number of carbonyl (C=O) groups is 2. The second-order valence-electron chi connectivity index (χ2n) is 5.07. The molecule has 0 radical (unpaired) electrons. The molecule has 0 saturated carbocycles. The second kappa shape index (κ2) is 5.24. The van der Waals surface area contributed by atoms with Gasteiger partial charge in [0, 0.05) is 13.0 Å². The molecule has 2 rings (SSSR count). The third-order valence-electron chi connectivity index (χ3n) is 3.62. The van der Waals surface area contributed by atoms with E-state index in [1.807, 2.05) is 20.8 Å². The van der Waals surface area contributed by atoms with Gasteiger partial charge in [-0.3, -0.25) is 14.9 Å². The molecule has 1 fully saturated rings. The van der Waals surface area contributed by atoms with Crippen LogP contribution in [0, 0.1) is 11.3 Å². The number of amides is 2.